The van der Waals surface area contributed by atoms with Crippen molar-refractivity contribution in [3.8, 4) is 11.5 Å². The number of sulfonamides is 1. The molecule has 0 saturated carbocycles. The second-order valence-electron chi connectivity index (χ2n) is 6.70. The van der Waals surface area contributed by atoms with Gasteiger partial charge in [-0.1, -0.05) is 25.5 Å². The lowest BCUT2D eigenvalue weighted by molar-refractivity contribution is 0.0938. The fraction of sp³-hybridized carbons (Fsp3) is 0.350. The highest BCUT2D eigenvalue weighted by Crippen LogP contribution is 2.32. The fourth-order valence-corrected chi connectivity index (χ4v) is 3.99. The number of benzene rings is 2. The van der Waals surface area contributed by atoms with E-state index in [1.54, 1.807) is 30.3 Å². The quantitative estimate of drug-likeness (QED) is 0.706. The number of amides is 1. The summed E-state index contributed by atoms with van der Waals surface area (Å²) < 4.78 is 38.4. The molecule has 0 bridgehead atoms. The summed E-state index contributed by atoms with van der Waals surface area (Å²) in [5.74, 6) is 0.952. The molecule has 0 aromatic heterocycles. The van der Waals surface area contributed by atoms with Crippen LogP contribution in [0, 0.1) is 0 Å². The van der Waals surface area contributed by atoms with Gasteiger partial charge in [0, 0.05) is 18.2 Å². The van der Waals surface area contributed by atoms with Crippen LogP contribution in [0.3, 0.4) is 0 Å². The van der Waals surface area contributed by atoms with Gasteiger partial charge in [-0.15, -0.1) is 0 Å². The fourth-order valence-electron chi connectivity index (χ4n) is 2.93. The highest BCUT2D eigenvalue weighted by Gasteiger charge is 2.18. The van der Waals surface area contributed by atoms with Gasteiger partial charge in [0.2, 0.25) is 16.8 Å². The summed E-state index contributed by atoms with van der Waals surface area (Å²) >= 11 is 0. The Kier molecular flexibility index (Phi) is 6.21. The molecule has 2 aromatic rings. The van der Waals surface area contributed by atoms with Crippen LogP contribution in [0.15, 0.2) is 47.4 Å². The third-order valence-corrected chi connectivity index (χ3v) is 5.81. The van der Waals surface area contributed by atoms with E-state index in [2.05, 4.69) is 10.0 Å². The first-order valence-corrected chi connectivity index (χ1v) is 10.7. The van der Waals surface area contributed by atoms with Crippen molar-refractivity contribution in [1.29, 1.82) is 0 Å². The minimum absolute atomic E-state index is 0.0295. The Morgan fingerprint density at radius 2 is 1.93 bits per heavy atom. The van der Waals surface area contributed by atoms with Crippen LogP contribution in [0.25, 0.3) is 0 Å². The van der Waals surface area contributed by atoms with E-state index in [1.807, 2.05) is 13.8 Å². The van der Waals surface area contributed by atoms with E-state index >= 15 is 0 Å². The monoisotopic (exact) mass is 404 g/mol. The number of nitrogens with one attached hydrogen (secondary N) is 2. The summed E-state index contributed by atoms with van der Waals surface area (Å²) in [6.45, 7) is 4.23. The maximum absolute atomic E-state index is 12.6. The molecule has 150 valence electrons. The van der Waals surface area contributed by atoms with Gasteiger partial charge < -0.3 is 14.8 Å². The molecule has 2 aromatic carbocycles. The molecule has 1 unspecified atom stereocenters. The van der Waals surface area contributed by atoms with Crippen LogP contribution in [0.1, 0.15) is 42.6 Å². The lowest BCUT2D eigenvalue weighted by Crippen LogP contribution is -2.32. The summed E-state index contributed by atoms with van der Waals surface area (Å²) in [7, 11) is -3.77. The maximum Gasteiger partial charge on any atom is 0.251 e. The zero-order valence-corrected chi connectivity index (χ0v) is 16.7. The average Bonchev–Trinajstić information content (AvgIpc) is 3.14. The first-order valence-electron chi connectivity index (χ1n) is 9.18. The van der Waals surface area contributed by atoms with Gasteiger partial charge in [-0.25, -0.2) is 13.1 Å². The largest absolute Gasteiger partial charge is 0.454 e. The molecule has 1 heterocycles. The predicted molar refractivity (Wildman–Crippen MR) is 105 cm³/mol. The number of rotatable bonds is 8. The van der Waals surface area contributed by atoms with E-state index in [1.165, 1.54) is 12.1 Å². The summed E-state index contributed by atoms with van der Waals surface area (Å²) in [6.07, 6.45) is 1.82. The highest BCUT2D eigenvalue weighted by molar-refractivity contribution is 7.89. The molecule has 1 atom stereocenters. The Labute approximate surface area is 165 Å². The average molecular weight is 404 g/mol. The zero-order chi connectivity index (χ0) is 20.1. The Morgan fingerprint density at radius 3 is 2.71 bits per heavy atom. The van der Waals surface area contributed by atoms with Crippen molar-refractivity contribution in [1.82, 2.24) is 10.0 Å². The lowest BCUT2D eigenvalue weighted by Gasteiger charge is -2.13. The molecule has 0 saturated heterocycles. The van der Waals surface area contributed by atoms with Gasteiger partial charge in [0.05, 0.1) is 4.90 Å². The zero-order valence-electron chi connectivity index (χ0n) is 15.9. The molecule has 8 heteroatoms. The van der Waals surface area contributed by atoms with Crippen LogP contribution in [-0.2, 0) is 16.6 Å². The molecule has 0 radical (unpaired) electrons. The number of hydrogen-bond donors (Lipinski definition) is 2. The van der Waals surface area contributed by atoms with E-state index in [4.69, 9.17) is 9.47 Å². The van der Waals surface area contributed by atoms with Crippen molar-refractivity contribution in [2.24, 2.45) is 0 Å². The Hall–Kier alpha value is -2.58. The third kappa shape index (κ3) is 4.82. The number of fused-ring (bicyclic) bond motifs is 1. The Morgan fingerprint density at radius 1 is 1.14 bits per heavy atom. The number of carbonyl (C=O) groups is 1. The van der Waals surface area contributed by atoms with E-state index < -0.39 is 10.0 Å². The SMILES string of the molecule is CCCC(C)NC(=O)c1cccc(S(=O)(=O)NCc2ccc3c(c2)OCO3)c1. The topological polar surface area (TPSA) is 93.7 Å². The van der Waals surface area contributed by atoms with Crippen LogP contribution in [0.4, 0.5) is 0 Å². The molecule has 1 aliphatic heterocycles. The minimum Gasteiger partial charge on any atom is -0.454 e. The summed E-state index contributed by atoms with van der Waals surface area (Å²) in [5, 5.41) is 2.88. The van der Waals surface area contributed by atoms with Gasteiger partial charge in [0.15, 0.2) is 11.5 Å². The molecule has 1 aliphatic rings. The molecule has 1 amide bonds. The van der Waals surface area contributed by atoms with Crippen LogP contribution < -0.4 is 19.5 Å². The summed E-state index contributed by atoms with van der Waals surface area (Å²) in [6, 6.07) is 11.3. The van der Waals surface area contributed by atoms with E-state index in [0.29, 0.717) is 17.1 Å². The van der Waals surface area contributed by atoms with Crippen LogP contribution in [-0.4, -0.2) is 27.2 Å². The van der Waals surface area contributed by atoms with Gasteiger partial charge in [0.25, 0.3) is 5.91 Å². The van der Waals surface area contributed by atoms with Gasteiger partial charge in [0.1, 0.15) is 0 Å². The van der Waals surface area contributed by atoms with E-state index in [-0.39, 0.29) is 30.2 Å². The first kappa shape index (κ1) is 20.2. The second-order valence-corrected chi connectivity index (χ2v) is 8.47. The lowest BCUT2D eigenvalue weighted by atomic mass is 10.1. The third-order valence-electron chi connectivity index (χ3n) is 4.41. The van der Waals surface area contributed by atoms with Gasteiger partial charge >= 0.3 is 0 Å². The maximum atomic E-state index is 12.6. The Balaban J connectivity index is 1.68. The van der Waals surface area contributed by atoms with E-state index in [0.717, 1.165) is 18.4 Å². The number of hydrogen-bond acceptors (Lipinski definition) is 5. The number of ether oxygens (including phenoxy) is 2. The summed E-state index contributed by atoms with van der Waals surface area (Å²) in [5.41, 5.74) is 1.06. The van der Waals surface area contributed by atoms with Crippen molar-refractivity contribution in [3.63, 3.8) is 0 Å². The summed E-state index contributed by atoms with van der Waals surface area (Å²) in [4.78, 5) is 12.4. The predicted octanol–water partition coefficient (Wildman–Crippen LogP) is 2.81. The first-order chi connectivity index (χ1) is 13.4. The second kappa shape index (κ2) is 8.62. The Bertz CT molecular complexity index is 959. The normalized spacial score (nSPS) is 13.9. The van der Waals surface area contributed by atoms with Crippen molar-refractivity contribution in [2.45, 2.75) is 44.2 Å². The van der Waals surface area contributed by atoms with Crippen LogP contribution in [0.2, 0.25) is 0 Å². The minimum atomic E-state index is -3.77. The van der Waals surface area contributed by atoms with Gasteiger partial charge in [-0.2, -0.15) is 0 Å². The van der Waals surface area contributed by atoms with Gasteiger partial charge in [-0.05, 0) is 49.2 Å². The smallest absolute Gasteiger partial charge is 0.251 e. The van der Waals surface area contributed by atoms with Gasteiger partial charge in [-0.3, -0.25) is 4.79 Å². The van der Waals surface area contributed by atoms with Crippen molar-refractivity contribution in [3.05, 3.63) is 53.6 Å². The standard InChI is InChI=1S/C20H24N2O5S/c1-3-5-14(2)22-20(23)16-6-4-7-17(11-16)28(24,25)21-12-15-8-9-18-19(10-15)27-13-26-18/h4,6-11,14,21H,3,5,12-13H2,1-2H3,(H,22,23). The molecule has 3 rings (SSSR count). The molecule has 0 aliphatic carbocycles. The van der Waals surface area contributed by atoms with Crippen molar-refractivity contribution in [2.75, 3.05) is 6.79 Å². The molecular weight excluding hydrogens is 380 g/mol. The molecule has 0 fully saturated rings. The van der Waals surface area contributed by atoms with Crippen LogP contribution >= 0.6 is 0 Å². The van der Waals surface area contributed by atoms with Crippen molar-refractivity contribution < 1.29 is 22.7 Å². The highest BCUT2D eigenvalue weighted by atomic mass is 32.2. The molecule has 7 nitrogen and oxygen atoms in total. The molecular formula is C20H24N2O5S. The molecule has 2 N–H and O–H groups in total. The van der Waals surface area contributed by atoms with E-state index in [9.17, 15) is 13.2 Å². The van der Waals surface area contributed by atoms with Crippen LogP contribution in [0.5, 0.6) is 11.5 Å². The number of carbonyl (C=O) groups excluding carboxylic acids is 1. The molecule has 0 spiro atoms. The van der Waals surface area contributed by atoms with Crippen molar-refractivity contribution >= 4 is 15.9 Å². The molecule has 28 heavy (non-hydrogen) atoms.